The van der Waals surface area contributed by atoms with Crippen LogP contribution in [0.4, 0.5) is 0 Å². The fraction of sp³-hybridized carbons (Fsp3) is 0.600. The summed E-state index contributed by atoms with van der Waals surface area (Å²) in [5, 5.41) is 10.8. The molecule has 1 N–H and O–H groups in total. The van der Waals surface area contributed by atoms with Gasteiger partial charge in [0.2, 0.25) is 0 Å². The van der Waals surface area contributed by atoms with Gasteiger partial charge >= 0.3 is 0 Å². The van der Waals surface area contributed by atoms with Crippen molar-refractivity contribution in [2.24, 2.45) is 0 Å². The number of piperazine rings is 1. The van der Waals surface area contributed by atoms with E-state index in [1.165, 1.54) is 0 Å². The fourth-order valence-electron chi connectivity index (χ4n) is 2.74. The van der Waals surface area contributed by atoms with Crippen LogP contribution in [0, 0.1) is 0 Å². The quantitative estimate of drug-likeness (QED) is 0.888. The van der Waals surface area contributed by atoms with Gasteiger partial charge in [-0.15, -0.1) is 0 Å². The van der Waals surface area contributed by atoms with Gasteiger partial charge in [0, 0.05) is 25.2 Å². The Bertz CT molecular complexity index is 498. The van der Waals surface area contributed by atoms with Crippen LogP contribution >= 0.6 is 15.9 Å². The summed E-state index contributed by atoms with van der Waals surface area (Å²) < 4.78 is 11.5. The Labute approximate surface area is 134 Å². The maximum absolute atomic E-state index is 10.8. The lowest BCUT2D eigenvalue weighted by Gasteiger charge is -2.40. The van der Waals surface area contributed by atoms with E-state index < -0.39 is 6.10 Å². The van der Waals surface area contributed by atoms with Crippen LogP contribution in [-0.4, -0.2) is 68.9 Å². The molecule has 2 unspecified atom stereocenters. The molecule has 0 bridgehead atoms. The van der Waals surface area contributed by atoms with E-state index in [-0.39, 0.29) is 6.04 Å². The lowest BCUT2D eigenvalue weighted by atomic mass is 9.98. The van der Waals surface area contributed by atoms with Gasteiger partial charge in [0.05, 0.1) is 26.4 Å². The van der Waals surface area contributed by atoms with Gasteiger partial charge in [-0.3, -0.25) is 4.90 Å². The first-order valence-electron chi connectivity index (χ1n) is 6.96. The van der Waals surface area contributed by atoms with Gasteiger partial charge in [-0.05, 0) is 42.2 Å². The number of halogens is 1. The monoisotopic (exact) mass is 358 g/mol. The second-order valence-electron chi connectivity index (χ2n) is 5.46. The first-order valence-corrected chi connectivity index (χ1v) is 7.76. The Morgan fingerprint density at radius 1 is 1.24 bits per heavy atom. The molecule has 0 spiro atoms. The van der Waals surface area contributed by atoms with Gasteiger partial charge in [0.15, 0.2) is 0 Å². The topological polar surface area (TPSA) is 45.2 Å². The van der Waals surface area contributed by atoms with E-state index in [1.807, 2.05) is 19.2 Å². The maximum atomic E-state index is 10.8. The number of likely N-dealkylation sites (N-methyl/N-ethyl adjacent to an activating group) is 2. The number of methoxy groups -OCH3 is 2. The Kier molecular flexibility index (Phi) is 5.48. The Balaban J connectivity index is 2.34. The third-order valence-corrected chi connectivity index (χ3v) is 4.85. The summed E-state index contributed by atoms with van der Waals surface area (Å²) in [7, 11) is 7.34. The second-order valence-corrected chi connectivity index (χ2v) is 6.25. The van der Waals surface area contributed by atoms with Crippen LogP contribution in [0.25, 0.3) is 0 Å². The van der Waals surface area contributed by atoms with Crippen LogP contribution in [0.2, 0.25) is 0 Å². The lowest BCUT2D eigenvalue weighted by Crippen LogP contribution is -2.52. The minimum Gasteiger partial charge on any atom is -0.495 e. The molecule has 21 heavy (non-hydrogen) atoms. The van der Waals surface area contributed by atoms with Crippen molar-refractivity contribution in [2.45, 2.75) is 12.1 Å². The number of ether oxygens (including phenoxy) is 2. The van der Waals surface area contributed by atoms with Gasteiger partial charge in [-0.2, -0.15) is 0 Å². The summed E-state index contributed by atoms with van der Waals surface area (Å²) in [6, 6.07) is 3.76. The molecular weight excluding hydrogens is 336 g/mol. The van der Waals surface area contributed by atoms with Crippen molar-refractivity contribution in [2.75, 3.05) is 47.9 Å². The van der Waals surface area contributed by atoms with Crippen LogP contribution in [-0.2, 0) is 0 Å². The fourth-order valence-corrected chi connectivity index (χ4v) is 3.43. The molecule has 0 radical (unpaired) electrons. The third-order valence-electron chi connectivity index (χ3n) is 4.10. The van der Waals surface area contributed by atoms with Crippen molar-refractivity contribution >= 4 is 15.9 Å². The Morgan fingerprint density at radius 2 is 1.95 bits per heavy atom. The van der Waals surface area contributed by atoms with Crippen LogP contribution in [0.15, 0.2) is 16.6 Å². The van der Waals surface area contributed by atoms with Crippen molar-refractivity contribution in [1.82, 2.24) is 9.80 Å². The molecule has 1 aromatic carbocycles. The van der Waals surface area contributed by atoms with E-state index in [4.69, 9.17) is 9.47 Å². The molecule has 5 nitrogen and oxygen atoms in total. The number of aliphatic hydroxyl groups excluding tert-OH is 1. The smallest absolute Gasteiger partial charge is 0.142 e. The molecule has 0 aliphatic carbocycles. The van der Waals surface area contributed by atoms with Crippen LogP contribution in [0.1, 0.15) is 11.7 Å². The number of hydrogen-bond donors (Lipinski definition) is 1. The molecule has 2 atom stereocenters. The number of hydrogen-bond acceptors (Lipinski definition) is 5. The number of rotatable bonds is 4. The minimum absolute atomic E-state index is 0.0398. The molecular formula is C15H23BrN2O3. The van der Waals surface area contributed by atoms with E-state index in [1.54, 1.807) is 14.2 Å². The zero-order chi connectivity index (χ0) is 15.6. The summed E-state index contributed by atoms with van der Waals surface area (Å²) in [5.74, 6) is 1.32. The van der Waals surface area contributed by atoms with Crippen molar-refractivity contribution < 1.29 is 14.6 Å². The second kappa shape index (κ2) is 6.96. The summed E-state index contributed by atoms with van der Waals surface area (Å²) in [6.07, 6.45) is -0.616. The minimum atomic E-state index is -0.616. The molecule has 6 heteroatoms. The SMILES string of the molecule is COc1ccc(C(O)C2CN(C)CCN2C)c(OC)c1Br. The predicted octanol–water partition coefficient (Wildman–Crippen LogP) is 1.75. The summed E-state index contributed by atoms with van der Waals surface area (Å²) in [5.41, 5.74) is 0.775. The highest BCUT2D eigenvalue weighted by Gasteiger charge is 2.32. The summed E-state index contributed by atoms with van der Waals surface area (Å²) >= 11 is 3.49. The molecule has 2 rings (SSSR count). The summed E-state index contributed by atoms with van der Waals surface area (Å²) in [4.78, 5) is 4.43. The van der Waals surface area contributed by atoms with E-state index in [0.29, 0.717) is 11.5 Å². The number of nitrogens with zero attached hydrogens (tertiary/aromatic N) is 2. The number of aliphatic hydroxyl groups is 1. The number of benzene rings is 1. The van der Waals surface area contributed by atoms with Crippen LogP contribution in [0.5, 0.6) is 11.5 Å². The molecule has 118 valence electrons. The average Bonchev–Trinajstić information content (AvgIpc) is 2.48. The van der Waals surface area contributed by atoms with Gasteiger partial charge in [0.25, 0.3) is 0 Å². The predicted molar refractivity (Wildman–Crippen MR) is 86.1 cm³/mol. The Hall–Kier alpha value is -0.820. The van der Waals surface area contributed by atoms with Crippen molar-refractivity contribution in [3.8, 4) is 11.5 Å². The lowest BCUT2D eigenvalue weighted by molar-refractivity contribution is 0.0127. The molecule has 1 aromatic rings. The molecule has 0 saturated carbocycles. The van der Waals surface area contributed by atoms with E-state index in [9.17, 15) is 5.11 Å². The standard InChI is InChI=1S/C15H23BrN2O3/c1-17-7-8-18(2)11(9-17)14(19)10-5-6-12(20-3)13(16)15(10)21-4/h5-6,11,14,19H,7-9H2,1-4H3. The highest BCUT2D eigenvalue weighted by molar-refractivity contribution is 9.10. The normalized spacial score (nSPS) is 22.1. The molecule has 1 fully saturated rings. The van der Waals surface area contributed by atoms with E-state index >= 15 is 0 Å². The van der Waals surface area contributed by atoms with Crippen molar-refractivity contribution in [1.29, 1.82) is 0 Å². The summed E-state index contributed by atoms with van der Waals surface area (Å²) in [6.45, 7) is 2.78. The van der Waals surface area contributed by atoms with E-state index in [2.05, 4.69) is 32.8 Å². The molecule has 1 heterocycles. The molecule has 0 aromatic heterocycles. The van der Waals surface area contributed by atoms with Crippen molar-refractivity contribution in [3.05, 3.63) is 22.2 Å². The zero-order valence-corrected chi connectivity index (χ0v) is 14.6. The highest BCUT2D eigenvalue weighted by Crippen LogP contribution is 2.41. The molecule has 1 saturated heterocycles. The van der Waals surface area contributed by atoms with Gasteiger partial charge in [-0.1, -0.05) is 0 Å². The van der Waals surface area contributed by atoms with Gasteiger partial charge in [-0.25, -0.2) is 0 Å². The van der Waals surface area contributed by atoms with Crippen LogP contribution < -0.4 is 9.47 Å². The molecule has 1 aliphatic heterocycles. The molecule has 1 aliphatic rings. The first kappa shape index (κ1) is 16.5. The van der Waals surface area contributed by atoms with Crippen molar-refractivity contribution in [3.63, 3.8) is 0 Å². The average molecular weight is 359 g/mol. The first-order chi connectivity index (χ1) is 9.99. The zero-order valence-electron chi connectivity index (χ0n) is 13.0. The third kappa shape index (κ3) is 3.34. The van der Waals surface area contributed by atoms with Gasteiger partial charge < -0.3 is 19.5 Å². The highest BCUT2D eigenvalue weighted by atomic mass is 79.9. The molecule has 0 amide bonds. The largest absolute Gasteiger partial charge is 0.495 e. The van der Waals surface area contributed by atoms with Gasteiger partial charge in [0.1, 0.15) is 16.0 Å². The van der Waals surface area contributed by atoms with E-state index in [0.717, 1.165) is 29.7 Å². The van der Waals surface area contributed by atoms with Crippen LogP contribution in [0.3, 0.4) is 0 Å². The Morgan fingerprint density at radius 3 is 2.57 bits per heavy atom. The maximum Gasteiger partial charge on any atom is 0.142 e.